The average molecular weight is 285 g/mol. The quantitative estimate of drug-likeness (QED) is 0.811. The molecule has 0 atom stereocenters. The van der Waals surface area contributed by atoms with E-state index in [0.717, 1.165) is 36.8 Å². The van der Waals surface area contributed by atoms with Crippen molar-refractivity contribution < 1.29 is 4.79 Å². The van der Waals surface area contributed by atoms with E-state index < -0.39 is 5.54 Å². The highest BCUT2D eigenvalue weighted by Gasteiger charge is 2.36. The van der Waals surface area contributed by atoms with Gasteiger partial charge in [-0.3, -0.25) is 4.79 Å². The van der Waals surface area contributed by atoms with E-state index in [1.807, 2.05) is 0 Å². The van der Waals surface area contributed by atoms with Gasteiger partial charge in [0, 0.05) is 23.1 Å². The first-order chi connectivity index (χ1) is 9.99. The van der Waals surface area contributed by atoms with Crippen LogP contribution in [0.5, 0.6) is 0 Å². The third-order valence-electron chi connectivity index (χ3n) is 4.77. The Bertz CT molecular complexity index is 681. The first-order valence-corrected chi connectivity index (χ1v) is 7.65. The molecular formula is C17H23N3O. The zero-order chi connectivity index (χ0) is 15.0. The highest BCUT2D eigenvalue weighted by atomic mass is 16.2. The van der Waals surface area contributed by atoms with Gasteiger partial charge in [-0.05, 0) is 49.9 Å². The summed E-state index contributed by atoms with van der Waals surface area (Å²) in [4.78, 5) is 15.6. The van der Waals surface area contributed by atoms with Gasteiger partial charge in [0.1, 0.15) is 0 Å². The van der Waals surface area contributed by atoms with Crippen molar-refractivity contribution in [3.8, 4) is 0 Å². The lowest BCUT2D eigenvalue weighted by Gasteiger charge is -2.22. The molecule has 112 valence electrons. The normalized spacial score (nSPS) is 17.3. The molecule has 1 aromatic heterocycles. The molecule has 0 unspecified atom stereocenters. The van der Waals surface area contributed by atoms with Crippen molar-refractivity contribution in [2.75, 3.05) is 0 Å². The van der Waals surface area contributed by atoms with E-state index in [2.05, 4.69) is 42.3 Å². The standard InChI is InChI=1S/C17H23N3O/c1-11-12(2)20-15-6-5-13(9-14(11)15)10-19-16(21)17(18)7-3-4-8-17/h5-6,9,20H,3-4,7-8,10,18H2,1-2H3,(H,19,21). The second-order valence-corrected chi connectivity index (χ2v) is 6.30. The monoisotopic (exact) mass is 285 g/mol. The summed E-state index contributed by atoms with van der Waals surface area (Å²) in [6.07, 6.45) is 3.71. The number of aromatic amines is 1. The number of aryl methyl sites for hydroxylation is 2. The largest absolute Gasteiger partial charge is 0.358 e. The molecule has 4 N–H and O–H groups in total. The molecule has 0 radical (unpaired) electrons. The van der Waals surface area contributed by atoms with Crippen LogP contribution < -0.4 is 11.1 Å². The number of aromatic nitrogens is 1. The van der Waals surface area contributed by atoms with Crippen LogP contribution in [0.4, 0.5) is 0 Å². The number of nitrogens with one attached hydrogen (secondary N) is 2. The molecule has 0 bridgehead atoms. The number of benzene rings is 1. The molecule has 1 amide bonds. The first-order valence-electron chi connectivity index (χ1n) is 7.65. The van der Waals surface area contributed by atoms with Crippen LogP contribution in [-0.2, 0) is 11.3 Å². The van der Waals surface area contributed by atoms with E-state index >= 15 is 0 Å². The molecule has 1 aromatic carbocycles. The summed E-state index contributed by atoms with van der Waals surface area (Å²) < 4.78 is 0. The molecule has 4 heteroatoms. The van der Waals surface area contributed by atoms with Crippen molar-refractivity contribution in [2.45, 2.75) is 51.6 Å². The number of carbonyl (C=O) groups is 1. The van der Waals surface area contributed by atoms with Crippen molar-refractivity contribution in [3.63, 3.8) is 0 Å². The molecule has 4 nitrogen and oxygen atoms in total. The van der Waals surface area contributed by atoms with Gasteiger partial charge in [-0.2, -0.15) is 0 Å². The van der Waals surface area contributed by atoms with E-state index in [9.17, 15) is 4.79 Å². The van der Waals surface area contributed by atoms with Crippen molar-refractivity contribution in [2.24, 2.45) is 5.73 Å². The van der Waals surface area contributed by atoms with E-state index in [4.69, 9.17) is 5.73 Å². The lowest BCUT2D eigenvalue weighted by molar-refractivity contribution is -0.126. The molecule has 1 heterocycles. The number of carbonyl (C=O) groups excluding carboxylic acids is 1. The molecular weight excluding hydrogens is 262 g/mol. The van der Waals surface area contributed by atoms with E-state index in [-0.39, 0.29) is 5.91 Å². The number of amides is 1. The van der Waals surface area contributed by atoms with Crippen LogP contribution in [0.3, 0.4) is 0 Å². The summed E-state index contributed by atoms with van der Waals surface area (Å²) >= 11 is 0. The van der Waals surface area contributed by atoms with Gasteiger partial charge in [0.05, 0.1) is 5.54 Å². The van der Waals surface area contributed by atoms with Gasteiger partial charge in [-0.25, -0.2) is 0 Å². The fourth-order valence-corrected chi connectivity index (χ4v) is 3.21. The predicted octanol–water partition coefficient (Wildman–Crippen LogP) is 2.67. The summed E-state index contributed by atoms with van der Waals surface area (Å²) in [5.41, 5.74) is 10.2. The Morgan fingerprint density at radius 1 is 1.33 bits per heavy atom. The number of fused-ring (bicyclic) bond motifs is 1. The van der Waals surface area contributed by atoms with Crippen LogP contribution in [0.1, 0.15) is 42.5 Å². The zero-order valence-electron chi connectivity index (χ0n) is 12.8. The van der Waals surface area contributed by atoms with E-state index in [1.54, 1.807) is 0 Å². The Hall–Kier alpha value is -1.81. The molecule has 2 aromatic rings. The fraction of sp³-hybridized carbons (Fsp3) is 0.471. The molecule has 1 fully saturated rings. The average Bonchev–Trinajstić information content (AvgIpc) is 3.03. The Kier molecular flexibility index (Phi) is 3.49. The van der Waals surface area contributed by atoms with Crippen molar-refractivity contribution >= 4 is 16.8 Å². The Balaban J connectivity index is 1.73. The predicted molar refractivity (Wildman–Crippen MR) is 85.0 cm³/mol. The molecule has 0 saturated heterocycles. The fourth-order valence-electron chi connectivity index (χ4n) is 3.21. The second-order valence-electron chi connectivity index (χ2n) is 6.30. The van der Waals surface area contributed by atoms with Crippen molar-refractivity contribution in [1.82, 2.24) is 10.3 Å². The highest BCUT2D eigenvalue weighted by molar-refractivity contribution is 5.87. The third kappa shape index (κ3) is 2.56. The zero-order valence-corrected chi connectivity index (χ0v) is 12.8. The smallest absolute Gasteiger partial charge is 0.240 e. The van der Waals surface area contributed by atoms with Crippen LogP contribution in [-0.4, -0.2) is 16.4 Å². The van der Waals surface area contributed by atoms with Crippen LogP contribution in [0, 0.1) is 13.8 Å². The SMILES string of the molecule is Cc1[nH]c2ccc(CNC(=O)C3(N)CCCC3)cc2c1C. The summed E-state index contributed by atoms with van der Waals surface area (Å²) in [6, 6.07) is 6.27. The number of H-pyrrole nitrogens is 1. The van der Waals surface area contributed by atoms with E-state index in [1.165, 1.54) is 16.6 Å². The van der Waals surface area contributed by atoms with Crippen LogP contribution in [0.2, 0.25) is 0 Å². The van der Waals surface area contributed by atoms with Crippen LogP contribution in [0.15, 0.2) is 18.2 Å². The topological polar surface area (TPSA) is 70.9 Å². The minimum Gasteiger partial charge on any atom is -0.358 e. The second kappa shape index (κ2) is 5.19. The minimum absolute atomic E-state index is 0.0120. The maximum absolute atomic E-state index is 12.2. The van der Waals surface area contributed by atoms with Gasteiger partial charge in [-0.1, -0.05) is 18.9 Å². The molecule has 0 aliphatic heterocycles. The van der Waals surface area contributed by atoms with Crippen molar-refractivity contribution in [1.29, 1.82) is 0 Å². The van der Waals surface area contributed by atoms with Gasteiger partial charge in [0.2, 0.25) is 5.91 Å². The summed E-state index contributed by atoms with van der Waals surface area (Å²) in [6.45, 7) is 4.73. The van der Waals surface area contributed by atoms with Gasteiger partial charge in [0.25, 0.3) is 0 Å². The molecule has 21 heavy (non-hydrogen) atoms. The Morgan fingerprint density at radius 3 is 2.76 bits per heavy atom. The number of hydrogen-bond donors (Lipinski definition) is 3. The van der Waals surface area contributed by atoms with E-state index in [0.29, 0.717) is 6.54 Å². The molecule has 1 aliphatic carbocycles. The van der Waals surface area contributed by atoms with Crippen LogP contribution >= 0.6 is 0 Å². The summed E-state index contributed by atoms with van der Waals surface area (Å²) in [5, 5.41) is 4.22. The summed E-state index contributed by atoms with van der Waals surface area (Å²) in [5.74, 6) is -0.0120. The maximum atomic E-state index is 12.2. The third-order valence-corrected chi connectivity index (χ3v) is 4.77. The molecule has 3 rings (SSSR count). The first kappa shape index (κ1) is 14.1. The highest BCUT2D eigenvalue weighted by Crippen LogP contribution is 2.27. The van der Waals surface area contributed by atoms with Gasteiger partial charge < -0.3 is 16.0 Å². The number of hydrogen-bond acceptors (Lipinski definition) is 2. The van der Waals surface area contributed by atoms with Gasteiger partial charge in [0.15, 0.2) is 0 Å². The van der Waals surface area contributed by atoms with Crippen molar-refractivity contribution in [3.05, 3.63) is 35.0 Å². The molecule has 1 saturated carbocycles. The van der Waals surface area contributed by atoms with Crippen LogP contribution in [0.25, 0.3) is 10.9 Å². The lowest BCUT2D eigenvalue weighted by atomic mass is 9.98. The molecule has 0 spiro atoms. The number of rotatable bonds is 3. The molecule has 1 aliphatic rings. The number of nitrogens with two attached hydrogens (primary N) is 1. The van der Waals surface area contributed by atoms with Gasteiger partial charge in [-0.15, -0.1) is 0 Å². The van der Waals surface area contributed by atoms with Gasteiger partial charge >= 0.3 is 0 Å². The minimum atomic E-state index is -0.648. The lowest BCUT2D eigenvalue weighted by Crippen LogP contribution is -2.51. The Labute approximate surface area is 125 Å². The maximum Gasteiger partial charge on any atom is 0.240 e. The summed E-state index contributed by atoms with van der Waals surface area (Å²) in [7, 11) is 0. The Morgan fingerprint density at radius 2 is 2.05 bits per heavy atom.